The molecule has 0 bridgehead atoms. The Morgan fingerprint density at radius 3 is 2.86 bits per heavy atom. The second-order valence-electron chi connectivity index (χ2n) is 6.85. The zero-order valence-electron chi connectivity index (χ0n) is 12.5. The van der Waals surface area contributed by atoms with Gasteiger partial charge in [-0.15, -0.1) is 0 Å². The molecule has 0 amide bonds. The van der Waals surface area contributed by atoms with E-state index < -0.39 is 0 Å². The summed E-state index contributed by atoms with van der Waals surface area (Å²) in [5.41, 5.74) is 0.0689. The number of likely N-dealkylation sites (tertiary alicyclic amines) is 1. The molecule has 1 aromatic rings. The summed E-state index contributed by atoms with van der Waals surface area (Å²) >= 11 is 0. The lowest BCUT2D eigenvalue weighted by molar-refractivity contribution is -0.0447. The molecular weight excluding hydrogens is 264 g/mol. The molecule has 4 rings (SSSR count). The molecule has 3 fully saturated rings. The van der Waals surface area contributed by atoms with E-state index in [0.717, 1.165) is 25.2 Å². The van der Waals surface area contributed by atoms with Crippen LogP contribution in [-0.2, 0) is 4.74 Å². The first-order valence-corrected chi connectivity index (χ1v) is 8.25. The van der Waals surface area contributed by atoms with Crippen molar-refractivity contribution in [3.63, 3.8) is 0 Å². The maximum atomic E-state index is 6.16. The monoisotopic (exact) mass is 288 g/mol. The Labute approximate surface area is 126 Å². The second kappa shape index (κ2) is 5.58. The van der Waals surface area contributed by atoms with E-state index in [-0.39, 0.29) is 11.7 Å². The van der Waals surface area contributed by atoms with Gasteiger partial charge in [-0.05, 0) is 37.7 Å². The van der Waals surface area contributed by atoms with Crippen molar-refractivity contribution in [2.75, 3.05) is 26.2 Å². The highest BCUT2D eigenvalue weighted by Gasteiger charge is 2.44. The maximum absolute atomic E-state index is 6.16. The summed E-state index contributed by atoms with van der Waals surface area (Å²) in [6.07, 6.45) is 8.15. The maximum Gasteiger partial charge on any atom is 0.213 e. The first-order valence-electron chi connectivity index (χ1n) is 8.25. The number of pyridine rings is 1. The Morgan fingerprint density at radius 1 is 1.29 bits per heavy atom. The molecule has 114 valence electrons. The Kier molecular flexibility index (Phi) is 3.59. The minimum atomic E-state index is 0.0689. The molecule has 0 unspecified atom stereocenters. The minimum absolute atomic E-state index is 0.0689. The van der Waals surface area contributed by atoms with Gasteiger partial charge in [0.2, 0.25) is 5.88 Å². The Bertz CT molecular complexity index is 467. The fraction of sp³-hybridized carbons (Fsp3) is 0.706. The lowest BCUT2D eigenvalue weighted by Crippen LogP contribution is -2.45. The van der Waals surface area contributed by atoms with Crippen LogP contribution in [0.15, 0.2) is 24.4 Å². The van der Waals surface area contributed by atoms with Crippen LogP contribution >= 0.6 is 0 Å². The summed E-state index contributed by atoms with van der Waals surface area (Å²) < 4.78 is 12.1. The van der Waals surface area contributed by atoms with Crippen molar-refractivity contribution in [3.05, 3.63) is 24.4 Å². The standard InChI is InChI=1S/C17H24N2O2/c1-2-8-18-16(3-1)21-15-11-17(20-13-15)6-9-19(10-7-17)12-14-4-5-14/h1-3,8,14-15H,4-7,9-13H2/t15-/m1/s1. The SMILES string of the molecule is c1ccc(O[C@H]2COC3(CCN(CC4CC4)CC3)C2)nc1. The topological polar surface area (TPSA) is 34.6 Å². The molecule has 1 spiro atoms. The Hall–Kier alpha value is -1.13. The minimum Gasteiger partial charge on any atom is -0.472 e. The molecule has 0 N–H and O–H groups in total. The van der Waals surface area contributed by atoms with Crippen molar-refractivity contribution in [1.29, 1.82) is 0 Å². The third-order valence-electron chi connectivity index (χ3n) is 5.08. The van der Waals surface area contributed by atoms with E-state index in [2.05, 4.69) is 9.88 Å². The number of ether oxygens (including phenoxy) is 2. The number of hydrogen-bond donors (Lipinski definition) is 0. The third-order valence-corrected chi connectivity index (χ3v) is 5.08. The van der Waals surface area contributed by atoms with Crippen LogP contribution in [0.4, 0.5) is 0 Å². The fourth-order valence-corrected chi connectivity index (χ4v) is 3.62. The molecule has 0 aromatic carbocycles. The molecule has 3 heterocycles. The van der Waals surface area contributed by atoms with Gasteiger partial charge in [0.1, 0.15) is 6.10 Å². The molecule has 1 saturated carbocycles. The lowest BCUT2D eigenvalue weighted by atomic mass is 9.88. The molecule has 4 heteroatoms. The largest absolute Gasteiger partial charge is 0.472 e. The number of aromatic nitrogens is 1. The summed E-state index contributed by atoms with van der Waals surface area (Å²) in [6.45, 7) is 4.39. The molecule has 3 aliphatic rings. The third kappa shape index (κ3) is 3.22. The normalized spacial score (nSPS) is 28.9. The van der Waals surface area contributed by atoms with Gasteiger partial charge in [0.15, 0.2) is 0 Å². The predicted octanol–water partition coefficient (Wildman–Crippen LogP) is 2.49. The summed E-state index contributed by atoms with van der Waals surface area (Å²) in [4.78, 5) is 6.87. The predicted molar refractivity (Wildman–Crippen MR) is 80.4 cm³/mol. The van der Waals surface area contributed by atoms with E-state index in [4.69, 9.17) is 9.47 Å². The number of piperidine rings is 1. The van der Waals surface area contributed by atoms with Gasteiger partial charge in [-0.2, -0.15) is 0 Å². The smallest absolute Gasteiger partial charge is 0.213 e. The average molecular weight is 288 g/mol. The van der Waals surface area contributed by atoms with Crippen LogP contribution in [0.5, 0.6) is 5.88 Å². The quantitative estimate of drug-likeness (QED) is 0.852. The fourth-order valence-electron chi connectivity index (χ4n) is 3.62. The molecule has 1 aromatic heterocycles. The summed E-state index contributed by atoms with van der Waals surface area (Å²) in [5, 5.41) is 0. The zero-order valence-corrected chi connectivity index (χ0v) is 12.5. The highest BCUT2D eigenvalue weighted by atomic mass is 16.6. The zero-order chi connectivity index (χ0) is 14.1. The van der Waals surface area contributed by atoms with E-state index in [0.29, 0.717) is 12.5 Å². The van der Waals surface area contributed by atoms with Crippen molar-refractivity contribution >= 4 is 0 Å². The van der Waals surface area contributed by atoms with Crippen LogP contribution < -0.4 is 4.74 Å². The van der Waals surface area contributed by atoms with Gasteiger partial charge in [0, 0.05) is 38.3 Å². The van der Waals surface area contributed by atoms with Crippen LogP contribution in [0.25, 0.3) is 0 Å². The van der Waals surface area contributed by atoms with Crippen LogP contribution in [-0.4, -0.2) is 47.8 Å². The molecule has 4 nitrogen and oxygen atoms in total. The highest BCUT2D eigenvalue weighted by Crippen LogP contribution is 2.38. The van der Waals surface area contributed by atoms with Gasteiger partial charge in [0.05, 0.1) is 12.2 Å². The highest BCUT2D eigenvalue weighted by molar-refractivity contribution is 5.10. The van der Waals surface area contributed by atoms with Crippen molar-refractivity contribution in [2.45, 2.75) is 43.8 Å². The Morgan fingerprint density at radius 2 is 2.14 bits per heavy atom. The van der Waals surface area contributed by atoms with Crippen molar-refractivity contribution in [3.8, 4) is 5.88 Å². The van der Waals surface area contributed by atoms with E-state index in [1.165, 1.54) is 32.5 Å². The van der Waals surface area contributed by atoms with Crippen LogP contribution in [0.1, 0.15) is 32.1 Å². The lowest BCUT2D eigenvalue weighted by Gasteiger charge is -2.38. The van der Waals surface area contributed by atoms with Crippen molar-refractivity contribution in [1.82, 2.24) is 9.88 Å². The summed E-state index contributed by atoms with van der Waals surface area (Å²) in [7, 11) is 0. The molecule has 1 atom stereocenters. The van der Waals surface area contributed by atoms with Crippen molar-refractivity contribution in [2.24, 2.45) is 5.92 Å². The average Bonchev–Trinajstić information content (AvgIpc) is 3.25. The number of hydrogen-bond acceptors (Lipinski definition) is 4. The number of nitrogens with zero attached hydrogens (tertiary/aromatic N) is 2. The van der Waals surface area contributed by atoms with Crippen molar-refractivity contribution < 1.29 is 9.47 Å². The van der Waals surface area contributed by atoms with Gasteiger partial charge in [-0.25, -0.2) is 4.98 Å². The van der Waals surface area contributed by atoms with E-state index in [1.54, 1.807) is 6.20 Å². The first-order chi connectivity index (χ1) is 10.3. The van der Waals surface area contributed by atoms with Gasteiger partial charge < -0.3 is 14.4 Å². The molecule has 2 saturated heterocycles. The van der Waals surface area contributed by atoms with Gasteiger partial charge >= 0.3 is 0 Å². The van der Waals surface area contributed by atoms with Crippen LogP contribution in [0.2, 0.25) is 0 Å². The Balaban J connectivity index is 1.29. The van der Waals surface area contributed by atoms with Gasteiger partial charge in [-0.3, -0.25) is 0 Å². The van der Waals surface area contributed by atoms with Gasteiger partial charge in [0.25, 0.3) is 0 Å². The van der Waals surface area contributed by atoms with Crippen LogP contribution in [0, 0.1) is 5.92 Å². The van der Waals surface area contributed by atoms with E-state index >= 15 is 0 Å². The van der Waals surface area contributed by atoms with E-state index in [1.807, 2.05) is 18.2 Å². The molecular formula is C17H24N2O2. The summed E-state index contributed by atoms with van der Waals surface area (Å²) in [6, 6.07) is 5.79. The van der Waals surface area contributed by atoms with E-state index in [9.17, 15) is 0 Å². The molecule has 1 aliphatic carbocycles. The number of rotatable bonds is 4. The first kappa shape index (κ1) is 13.5. The molecule has 2 aliphatic heterocycles. The summed E-state index contributed by atoms with van der Waals surface area (Å²) in [5.74, 6) is 1.71. The second-order valence-corrected chi connectivity index (χ2v) is 6.85. The molecule has 0 radical (unpaired) electrons. The van der Waals surface area contributed by atoms with Gasteiger partial charge in [-0.1, -0.05) is 6.07 Å². The van der Waals surface area contributed by atoms with Crippen LogP contribution in [0.3, 0.4) is 0 Å². The molecule has 21 heavy (non-hydrogen) atoms.